The SMILES string of the molecule is COc1cc(S(=O)(=O)n2cc(C#N)c3ccccc32)cc2c3c(n(C)c12)CC1CCC3N1. The van der Waals surface area contributed by atoms with Crippen molar-refractivity contribution in [1.82, 2.24) is 13.9 Å². The van der Waals surface area contributed by atoms with Gasteiger partial charge >= 0.3 is 0 Å². The van der Waals surface area contributed by atoms with Crippen LogP contribution in [0.3, 0.4) is 0 Å². The fourth-order valence-electron chi connectivity index (χ4n) is 5.54. The van der Waals surface area contributed by atoms with E-state index in [0.717, 1.165) is 30.2 Å². The average molecular weight is 447 g/mol. The summed E-state index contributed by atoms with van der Waals surface area (Å²) in [5, 5.41) is 14.7. The molecule has 0 spiro atoms. The first-order valence-corrected chi connectivity index (χ1v) is 12.1. The number of nitrogens with one attached hydrogen (secondary N) is 1. The van der Waals surface area contributed by atoms with Crippen molar-refractivity contribution in [1.29, 1.82) is 5.26 Å². The van der Waals surface area contributed by atoms with Gasteiger partial charge in [-0.1, -0.05) is 18.2 Å². The number of hydrogen-bond acceptors (Lipinski definition) is 5. The Labute approximate surface area is 185 Å². The molecule has 6 rings (SSSR count). The van der Waals surface area contributed by atoms with E-state index in [2.05, 4.69) is 16.0 Å². The molecule has 1 fully saturated rings. The minimum atomic E-state index is -3.95. The highest BCUT2D eigenvalue weighted by atomic mass is 32.2. The molecule has 2 bridgehead atoms. The molecule has 7 nitrogen and oxygen atoms in total. The van der Waals surface area contributed by atoms with Crippen LogP contribution in [0.4, 0.5) is 0 Å². The summed E-state index contributed by atoms with van der Waals surface area (Å²) in [6.07, 6.45) is 4.50. The normalized spacial score (nSPS) is 19.9. The highest BCUT2D eigenvalue weighted by Gasteiger charge is 2.37. The third-order valence-corrected chi connectivity index (χ3v) is 8.65. The van der Waals surface area contributed by atoms with Gasteiger partial charge in [-0.2, -0.15) is 5.26 Å². The third-order valence-electron chi connectivity index (χ3n) is 6.99. The zero-order valence-corrected chi connectivity index (χ0v) is 18.6. The fourth-order valence-corrected chi connectivity index (χ4v) is 6.95. The maximum absolute atomic E-state index is 13.8. The predicted octanol–water partition coefficient (Wildman–Crippen LogP) is 3.60. The van der Waals surface area contributed by atoms with Crippen molar-refractivity contribution in [3.8, 4) is 11.8 Å². The van der Waals surface area contributed by atoms with Gasteiger partial charge in [0.05, 0.1) is 28.6 Å². The maximum Gasteiger partial charge on any atom is 0.268 e. The van der Waals surface area contributed by atoms with Crippen LogP contribution in [0.1, 0.15) is 35.7 Å². The van der Waals surface area contributed by atoms with Gasteiger partial charge in [0.15, 0.2) is 0 Å². The molecule has 0 aliphatic carbocycles. The second-order valence-electron chi connectivity index (χ2n) is 8.61. The molecule has 32 heavy (non-hydrogen) atoms. The van der Waals surface area contributed by atoms with Crippen LogP contribution in [0.2, 0.25) is 0 Å². The Hall–Kier alpha value is -3.28. The fraction of sp³-hybridized carbons (Fsp3) is 0.292. The molecule has 2 aliphatic rings. The van der Waals surface area contributed by atoms with Gasteiger partial charge in [0, 0.05) is 54.3 Å². The first-order chi connectivity index (χ1) is 15.4. The molecule has 0 saturated carbocycles. The third kappa shape index (κ3) is 2.46. The minimum Gasteiger partial charge on any atom is -0.495 e. The lowest BCUT2D eigenvalue weighted by molar-refractivity contribution is 0.416. The van der Waals surface area contributed by atoms with Crippen LogP contribution in [-0.4, -0.2) is 30.1 Å². The maximum atomic E-state index is 13.8. The number of rotatable bonds is 3. The number of ether oxygens (including phenoxy) is 1. The number of fused-ring (bicyclic) bond motifs is 7. The Bertz CT molecular complexity index is 1570. The Morgan fingerprint density at radius 3 is 2.78 bits per heavy atom. The van der Waals surface area contributed by atoms with E-state index in [1.807, 2.05) is 7.05 Å². The largest absolute Gasteiger partial charge is 0.495 e. The zero-order valence-electron chi connectivity index (χ0n) is 17.8. The Balaban J connectivity index is 1.64. The van der Waals surface area contributed by atoms with E-state index in [-0.39, 0.29) is 10.9 Å². The van der Waals surface area contributed by atoms with Gasteiger partial charge in [-0.05, 0) is 30.5 Å². The number of aromatic nitrogens is 2. The van der Waals surface area contributed by atoms with Crippen molar-refractivity contribution in [3.63, 3.8) is 0 Å². The molecule has 2 unspecified atom stereocenters. The molecule has 2 aromatic heterocycles. The Kier molecular flexibility index (Phi) is 4.01. The van der Waals surface area contributed by atoms with Crippen molar-refractivity contribution in [2.24, 2.45) is 7.05 Å². The summed E-state index contributed by atoms with van der Waals surface area (Å²) in [5.74, 6) is 0.533. The second kappa shape index (κ2) is 6.61. The lowest BCUT2D eigenvalue weighted by Crippen LogP contribution is -2.32. The summed E-state index contributed by atoms with van der Waals surface area (Å²) >= 11 is 0. The number of methoxy groups -OCH3 is 1. The highest BCUT2D eigenvalue weighted by Crippen LogP contribution is 2.44. The summed E-state index contributed by atoms with van der Waals surface area (Å²) in [7, 11) is -0.355. The molecule has 8 heteroatoms. The van der Waals surface area contributed by atoms with E-state index >= 15 is 0 Å². The lowest BCUT2D eigenvalue weighted by Gasteiger charge is -2.23. The summed E-state index contributed by atoms with van der Waals surface area (Å²) in [6.45, 7) is 0. The van der Waals surface area contributed by atoms with Crippen LogP contribution in [-0.2, 0) is 23.5 Å². The topological polar surface area (TPSA) is 89.1 Å². The monoisotopic (exact) mass is 446 g/mol. The van der Waals surface area contributed by atoms with Crippen LogP contribution in [0.15, 0.2) is 47.5 Å². The summed E-state index contributed by atoms with van der Waals surface area (Å²) in [5.41, 5.74) is 4.16. The molecule has 2 aromatic carbocycles. The van der Waals surface area contributed by atoms with E-state index in [1.165, 1.54) is 21.4 Å². The zero-order chi connectivity index (χ0) is 22.2. The first kappa shape index (κ1) is 19.4. The van der Waals surface area contributed by atoms with Crippen LogP contribution in [0.25, 0.3) is 21.8 Å². The number of hydrogen-bond donors (Lipinski definition) is 1. The highest BCUT2D eigenvalue weighted by molar-refractivity contribution is 7.90. The molecule has 162 valence electrons. The molecule has 1 N–H and O–H groups in total. The molecular weight excluding hydrogens is 424 g/mol. The van der Waals surface area contributed by atoms with Gasteiger partial charge < -0.3 is 14.6 Å². The van der Waals surface area contributed by atoms with Crippen LogP contribution >= 0.6 is 0 Å². The lowest BCUT2D eigenvalue weighted by atomic mass is 9.99. The van der Waals surface area contributed by atoms with Gasteiger partial charge in [-0.3, -0.25) is 0 Å². The van der Waals surface area contributed by atoms with Crippen molar-refractivity contribution in [3.05, 3.63) is 59.4 Å². The van der Waals surface area contributed by atoms with Crippen molar-refractivity contribution in [2.45, 2.75) is 36.2 Å². The molecule has 1 saturated heterocycles. The summed E-state index contributed by atoms with van der Waals surface area (Å²) < 4.78 is 36.6. The minimum absolute atomic E-state index is 0.153. The predicted molar refractivity (Wildman–Crippen MR) is 121 cm³/mol. The number of nitrogens with zero attached hydrogens (tertiary/aromatic N) is 3. The van der Waals surface area contributed by atoms with E-state index in [9.17, 15) is 13.7 Å². The van der Waals surface area contributed by atoms with Gasteiger partial charge in [-0.25, -0.2) is 12.4 Å². The summed E-state index contributed by atoms with van der Waals surface area (Å²) in [6, 6.07) is 13.2. The van der Waals surface area contributed by atoms with Crippen LogP contribution in [0, 0.1) is 11.3 Å². The van der Waals surface area contributed by atoms with Gasteiger partial charge in [0.2, 0.25) is 0 Å². The second-order valence-corrected chi connectivity index (χ2v) is 10.4. The Morgan fingerprint density at radius 2 is 2.00 bits per heavy atom. The molecule has 2 atom stereocenters. The van der Waals surface area contributed by atoms with Gasteiger partial charge in [-0.15, -0.1) is 0 Å². The van der Waals surface area contributed by atoms with E-state index in [4.69, 9.17) is 4.74 Å². The van der Waals surface area contributed by atoms with Crippen LogP contribution < -0.4 is 10.1 Å². The van der Waals surface area contributed by atoms with Crippen molar-refractivity contribution in [2.75, 3.05) is 7.11 Å². The molecule has 4 aromatic rings. The van der Waals surface area contributed by atoms with Gasteiger partial charge in [0.25, 0.3) is 10.0 Å². The summed E-state index contributed by atoms with van der Waals surface area (Å²) in [4.78, 5) is 0.153. The Morgan fingerprint density at radius 1 is 1.19 bits per heavy atom. The average Bonchev–Trinajstić information content (AvgIpc) is 3.46. The molecule has 2 aliphatic heterocycles. The smallest absolute Gasteiger partial charge is 0.268 e. The van der Waals surface area contributed by atoms with E-state index < -0.39 is 10.0 Å². The standard InChI is InChI=1S/C24H22N4O3S/c1-27-21-9-15-7-8-19(26-15)23(21)18-10-16(11-22(31-2)24(18)27)32(29,30)28-13-14(12-25)17-5-3-4-6-20(17)28/h3-6,10-11,13,15,19,26H,7-9H2,1-2H3. The number of nitriles is 1. The quantitative estimate of drug-likeness (QED) is 0.519. The first-order valence-electron chi connectivity index (χ1n) is 10.6. The number of benzene rings is 2. The van der Waals surface area contributed by atoms with Crippen molar-refractivity contribution >= 4 is 31.8 Å². The molecule has 0 radical (unpaired) electrons. The van der Waals surface area contributed by atoms with Crippen LogP contribution in [0.5, 0.6) is 5.75 Å². The van der Waals surface area contributed by atoms with Gasteiger partial charge in [0.1, 0.15) is 11.8 Å². The van der Waals surface area contributed by atoms with E-state index in [1.54, 1.807) is 43.5 Å². The van der Waals surface area contributed by atoms with Crippen molar-refractivity contribution < 1.29 is 13.2 Å². The molecule has 4 heterocycles. The molecular formula is C24H22N4O3S. The van der Waals surface area contributed by atoms with E-state index in [0.29, 0.717) is 28.3 Å². The number of para-hydroxylation sites is 1. The number of aryl methyl sites for hydroxylation is 1. The molecule has 0 amide bonds.